The molecule has 1 aromatic carbocycles. The number of phenolic OH excluding ortho intramolecular Hbond substituents is 1. The zero-order valence-corrected chi connectivity index (χ0v) is 10.4. The van der Waals surface area contributed by atoms with Crippen molar-refractivity contribution in [1.29, 1.82) is 0 Å². The van der Waals surface area contributed by atoms with Crippen LogP contribution in [0.3, 0.4) is 0 Å². The van der Waals surface area contributed by atoms with E-state index in [1.54, 1.807) is 30.0 Å². The van der Waals surface area contributed by atoms with E-state index in [0.29, 0.717) is 18.0 Å². The number of nitrogens with one attached hydrogen (secondary N) is 1. The molecule has 3 nitrogen and oxygen atoms in total. The Labute approximate surface area is 100 Å². The molecule has 0 bridgehead atoms. The van der Waals surface area contributed by atoms with Crippen LogP contribution in [-0.4, -0.2) is 29.6 Å². The van der Waals surface area contributed by atoms with Gasteiger partial charge in [0.2, 0.25) is 0 Å². The summed E-state index contributed by atoms with van der Waals surface area (Å²) in [5.74, 6) is 1.46. The Balaban J connectivity index is 2.47. The monoisotopic (exact) mass is 239 g/mol. The van der Waals surface area contributed by atoms with Gasteiger partial charge in [0, 0.05) is 12.1 Å². The molecule has 0 radical (unpaired) electrons. The van der Waals surface area contributed by atoms with E-state index in [9.17, 15) is 9.90 Å². The average molecular weight is 239 g/mol. The molecule has 1 rings (SSSR count). The molecular weight excluding hydrogens is 222 g/mol. The summed E-state index contributed by atoms with van der Waals surface area (Å²) in [7, 11) is 0. The van der Waals surface area contributed by atoms with Gasteiger partial charge in [-0.25, -0.2) is 0 Å². The first-order valence-electron chi connectivity index (χ1n) is 5.19. The highest BCUT2D eigenvalue weighted by atomic mass is 32.2. The van der Waals surface area contributed by atoms with E-state index in [0.717, 1.165) is 5.75 Å². The van der Waals surface area contributed by atoms with Crippen molar-refractivity contribution in [2.75, 3.05) is 18.6 Å². The second kappa shape index (κ2) is 6.43. The summed E-state index contributed by atoms with van der Waals surface area (Å²) in [5.41, 5.74) is 0.497. The summed E-state index contributed by atoms with van der Waals surface area (Å²) in [6.07, 6.45) is 2.05. The SMILES string of the molecule is CSCC(C)CNC(=O)c1cccc(O)c1. The van der Waals surface area contributed by atoms with Crippen molar-refractivity contribution in [3.05, 3.63) is 29.8 Å². The molecular formula is C12H17NO2S. The van der Waals surface area contributed by atoms with Crippen LogP contribution < -0.4 is 5.32 Å². The van der Waals surface area contributed by atoms with Crippen molar-refractivity contribution in [3.63, 3.8) is 0 Å². The van der Waals surface area contributed by atoms with Gasteiger partial charge in [-0.15, -0.1) is 0 Å². The lowest BCUT2D eigenvalue weighted by Gasteiger charge is -2.11. The summed E-state index contributed by atoms with van der Waals surface area (Å²) in [6.45, 7) is 2.76. The van der Waals surface area contributed by atoms with Crippen LogP contribution in [0.1, 0.15) is 17.3 Å². The molecule has 1 unspecified atom stereocenters. The third-order valence-corrected chi connectivity index (χ3v) is 3.07. The molecule has 16 heavy (non-hydrogen) atoms. The Hall–Kier alpha value is -1.16. The first kappa shape index (κ1) is 12.9. The van der Waals surface area contributed by atoms with Gasteiger partial charge in [0.05, 0.1) is 0 Å². The quantitative estimate of drug-likeness (QED) is 0.827. The highest BCUT2D eigenvalue weighted by Crippen LogP contribution is 2.11. The van der Waals surface area contributed by atoms with E-state index in [-0.39, 0.29) is 11.7 Å². The highest BCUT2D eigenvalue weighted by molar-refractivity contribution is 7.98. The number of benzene rings is 1. The Morgan fingerprint density at radius 2 is 2.31 bits per heavy atom. The average Bonchev–Trinajstić information content (AvgIpc) is 2.26. The van der Waals surface area contributed by atoms with Gasteiger partial charge in [0.1, 0.15) is 5.75 Å². The largest absolute Gasteiger partial charge is 0.508 e. The van der Waals surface area contributed by atoms with Crippen molar-refractivity contribution in [3.8, 4) is 5.75 Å². The first-order chi connectivity index (χ1) is 7.63. The van der Waals surface area contributed by atoms with E-state index in [2.05, 4.69) is 12.2 Å². The summed E-state index contributed by atoms with van der Waals surface area (Å²) in [6, 6.07) is 6.37. The van der Waals surface area contributed by atoms with Gasteiger partial charge in [-0.3, -0.25) is 4.79 Å². The van der Waals surface area contributed by atoms with Gasteiger partial charge in [0.25, 0.3) is 5.91 Å². The Morgan fingerprint density at radius 3 is 2.94 bits per heavy atom. The van der Waals surface area contributed by atoms with Crippen LogP contribution in [0.4, 0.5) is 0 Å². The molecule has 1 atom stereocenters. The molecule has 0 aliphatic carbocycles. The molecule has 0 spiro atoms. The fourth-order valence-corrected chi connectivity index (χ4v) is 2.05. The van der Waals surface area contributed by atoms with Crippen LogP contribution in [0.15, 0.2) is 24.3 Å². The smallest absolute Gasteiger partial charge is 0.251 e. The van der Waals surface area contributed by atoms with E-state index in [4.69, 9.17) is 0 Å². The normalized spacial score (nSPS) is 12.1. The number of hydrogen-bond donors (Lipinski definition) is 2. The number of carbonyl (C=O) groups is 1. The fraction of sp³-hybridized carbons (Fsp3) is 0.417. The Bertz CT molecular complexity index is 355. The maximum Gasteiger partial charge on any atom is 0.251 e. The van der Waals surface area contributed by atoms with E-state index >= 15 is 0 Å². The van der Waals surface area contributed by atoms with E-state index in [1.807, 2.05) is 6.26 Å². The number of thioether (sulfide) groups is 1. The zero-order chi connectivity index (χ0) is 12.0. The topological polar surface area (TPSA) is 49.3 Å². The summed E-state index contributed by atoms with van der Waals surface area (Å²) >= 11 is 1.77. The molecule has 0 saturated heterocycles. The van der Waals surface area contributed by atoms with Crippen LogP contribution in [-0.2, 0) is 0 Å². The van der Waals surface area contributed by atoms with Gasteiger partial charge in [-0.05, 0) is 36.1 Å². The minimum Gasteiger partial charge on any atom is -0.508 e. The molecule has 1 aromatic rings. The summed E-state index contributed by atoms with van der Waals surface area (Å²) in [4.78, 5) is 11.7. The van der Waals surface area contributed by atoms with Crippen LogP contribution in [0.2, 0.25) is 0 Å². The number of carbonyl (C=O) groups excluding carboxylic acids is 1. The van der Waals surface area contributed by atoms with Crippen molar-refractivity contribution >= 4 is 17.7 Å². The fourth-order valence-electron chi connectivity index (χ4n) is 1.36. The number of aromatic hydroxyl groups is 1. The third-order valence-electron chi connectivity index (χ3n) is 2.17. The lowest BCUT2D eigenvalue weighted by atomic mass is 10.2. The predicted octanol–water partition coefficient (Wildman–Crippen LogP) is 2.12. The molecule has 0 fully saturated rings. The number of hydrogen-bond acceptors (Lipinski definition) is 3. The molecule has 0 aliphatic heterocycles. The Morgan fingerprint density at radius 1 is 1.56 bits per heavy atom. The minimum atomic E-state index is -0.135. The lowest BCUT2D eigenvalue weighted by molar-refractivity contribution is 0.0949. The van der Waals surface area contributed by atoms with E-state index in [1.165, 1.54) is 6.07 Å². The van der Waals surface area contributed by atoms with E-state index < -0.39 is 0 Å². The van der Waals surface area contributed by atoms with Gasteiger partial charge in [0.15, 0.2) is 0 Å². The first-order valence-corrected chi connectivity index (χ1v) is 6.59. The minimum absolute atomic E-state index is 0.116. The molecule has 0 heterocycles. The number of rotatable bonds is 5. The molecule has 1 amide bonds. The predicted molar refractivity (Wildman–Crippen MR) is 68.0 cm³/mol. The molecule has 88 valence electrons. The van der Waals surface area contributed by atoms with Gasteiger partial charge in [-0.1, -0.05) is 13.0 Å². The zero-order valence-electron chi connectivity index (χ0n) is 9.56. The van der Waals surface area contributed by atoms with Crippen molar-refractivity contribution in [1.82, 2.24) is 5.32 Å². The summed E-state index contributed by atoms with van der Waals surface area (Å²) < 4.78 is 0. The van der Waals surface area contributed by atoms with Crippen molar-refractivity contribution in [2.45, 2.75) is 6.92 Å². The van der Waals surface area contributed by atoms with Crippen LogP contribution >= 0.6 is 11.8 Å². The molecule has 0 aliphatic rings. The van der Waals surface area contributed by atoms with Gasteiger partial charge >= 0.3 is 0 Å². The van der Waals surface area contributed by atoms with Gasteiger partial charge in [-0.2, -0.15) is 11.8 Å². The molecule has 2 N–H and O–H groups in total. The van der Waals surface area contributed by atoms with Crippen molar-refractivity contribution < 1.29 is 9.90 Å². The third kappa shape index (κ3) is 4.14. The summed E-state index contributed by atoms with van der Waals surface area (Å²) in [5, 5.41) is 12.1. The second-order valence-corrected chi connectivity index (χ2v) is 4.73. The highest BCUT2D eigenvalue weighted by Gasteiger charge is 2.07. The maximum atomic E-state index is 11.7. The van der Waals surface area contributed by atoms with Crippen LogP contribution in [0, 0.1) is 5.92 Å². The van der Waals surface area contributed by atoms with Crippen LogP contribution in [0.5, 0.6) is 5.75 Å². The number of amides is 1. The lowest BCUT2D eigenvalue weighted by Crippen LogP contribution is -2.29. The Kier molecular flexibility index (Phi) is 5.19. The maximum absolute atomic E-state index is 11.7. The number of phenols is 1. The van der Waals surface area contributed by atoms with Crippen molar-refractivity contribution in [2.24, 2.45) is 5.92 Å². The molecule has 0 aromatic heterocycles. The van der Waals surface area contributed by atoms with Gasteiger partial charge < -0.3 is 10.4 Å². The second-order valence-electron chi connectivity index (χ2n) is 3.82. The molecule has 0 saturated carbocycles. The molecule has 4 heteroatoms. The van der Waals surface area contributed by atoms with Crippen LogP contribution in [0.25, 0.3) is 0 Å². The standard InChI is InChI=1S/C12H17NO2S/c1-9(8-16-2)7-13-12(15)10-4-3-5-11(14)6-10/h3-6,9,14H,7-8H2,1-2H3,(H,13,15).